The Labute approximate surface area is 385 Å². The van der Waals surface area contributed by atoms with Gasteiger partial charge in [0.1, 0.15) is 29.9 Å². The maximum absolute atomic E-state index is 14.0. The fourth-order valence-corrected chi connectivity index (χ4v) is 9.07. The molecule has 6 aromatic rings. The van der Waals surface area contributed by atoms with E-state index in [0.717, 1.165) is 27.1 Å². The molecule has 0 aliphatic carbocycles. The molecule has 0 saturated carbocycles. The lowest BCUT2D eigenvalue weighted by atomic mass is 9.96. The molecule has 8 rings (SSSR count). The molecule has 0 spiro atoms. The van der Waals surface area contributed by atoms with Gasteiger partial charge in [-0.3, -0.25) is 0 Å². The van der Waals surface area contributed by atoms with Crippen molar-refractivity contribution in [2.75, 3.05) is 0 Å². The Hall–Kier alpha value is -5.63. The zero-order valence-corrected chi connectivity index (χ0v) is 37.4. The molecule has 2 fully saturated rings. The van der Waals surface area contributed by atoms with Crippen molar-refractivity contribution in [2.24, 2.45) is 0 Å². The van der Waals surface area contributed by atoms with E-state index >= 15 is 0 Å². The molecular formula is C54H54O10S. The smallest absolute Gasteiger partial charge is 0.338 e. The van der Waals surface area contributed by atoms with Crippen LogP contribution in [0.15, 0.2) is 181 Å². The van der Waals surface area contributed by atoms with Crippen molar-refractivity contribution >= 4 is 23.7 Å². The summed E-state index contributed by atoms with van der Waals surface area (Å²) < 4.78 is 54.1. The van der Waals surface area contributed by atoms with Crippen LogP contribution in [-0.2, 0) is 57.7 Å². The normalized spacial score (nSPS) is 25.3. The third kappa shape index (κ3) is 12.2. The highest BCUT2D eigenvalue weighted by Crippen LogP contribution is 2.40. The molecule has 0 bridgehead atoms. The number of rotatable bonds is 17. The van der Waals surface area contributed by atoms with Gasteiger partial charge in [-0.1, -0.05) is 157 Å². The van der Waals surface area contributed by atoms with Crippen LogP contribution in [0.25, 0.3) is 0 Å². The van der Waals surface area contributed by atoms with Crippen LogP contribution in [0.2, 0.25) is 0 Å². The average Bonchev–Trinajstić information content (AvgIpc) is 3.34. The highest BCUT2D eigenvalue weighted by atomic mass is 32.2. The molecule has 336 valence electrons. The van der Waals surface area contributed by atoms with Crippen LogP contribution in [0.3, 0.4) is 0 Å². The Morgan fingerprint density at radius 2 is 0.862 bits per heavy atom. The molecular weight excluding hydrogens is 841 g/mol. The van der Waals surface area contributed by atoms with Crippen LogP contribution in [0, 0.1) is 6.92 Å². The highest BCUT2D eigenvalue weighted by molar-refractivity contribution is 7.99. The zero-order valence-electron chi connectivity index (χ0n) is 36.6. The van der Waals surface area contributed by atoms with E-state index < -0.39 is 72.5 Å². The molecule has 65 heavy (non-hydrogen) atoms. The molecule has 0 aromatic heterocycles. The monoisotopic (exact) mass is 894 g/mol. The second-order valence-electron chi connectivity index (χ2n) is 16.2. The molecule has 2 saturated heterocycles. The molecule has 0 N–H and O–H groups in total. The van der Waals surface area contributed by atoms with Crippen molar-refractivity contribution in [2.45, 2.75) is 106 Å². The summed E-state index contributed by atoms with van der Waals surface area (Å²) in [5.41, 5.74) is 4.01. The van der Waals surface area contributed by atoms with E-state index in [1.54, 1.807) is 48.5 Å². The number of carbonyl (C=O) groups excluding carboxylic acids is 2. The van der Waals surface area contributed by atoms with E-state index in [0.29, 0.717) is 11.1 Å². The van der Waals surface area contributed by atoms with Gasteiger partial charge in [-0.05, 0) is 73.9 Å². The first kappa shape index (κ1) is 45.9. The Morgan fingerprint density at radius 1 is 0.462 bits per heavy atom. The van der Waals surface area contributed by atoms with Gasteiger partial charge in [-0.25, -0.2) is 9.59 Å². The second kappa shape index (κ2) is 22.5. The first-order valence-electron chi connectivity index (χ1n) is 22.0. The van der Waals surface area contributed by atoms with Gasteiger partial charge in [0, 0.05) is 4.90 Å². The van der Waals surface area contributed by atoms with Crippen LogP contribution in [0.1, 0.15) is 56.8 Å². The van der Waals surface area contributed by atoms with Gasteiger partial charge in [0.15, 0.2) is 18.5 Å². The van der Waals surface area contributed by atoms with Gasteiger partial charge in [-0.15, -0.1) is 0 Å². The number of benzene rings is 6. The van der Waals surface area contributed by atoms with E-state index in [4.69, 9.17) is 37.9 Å². The van der Waals surface area contributed by atoms with Crippen LogP contribution >= 0.6 is 11.8 Å². The molecule has 10 nitrogen and oxygen atoms in total. The predicted molar refractivity (Wildman–Crippen MR) is 247 cm³/mol. The second-order valence-corrected chi connectivity index (χ2v) is 17.4. The molecule has 2 aliphatic rings. The van der Waals surface area contributed by atoms with Crippen molar-refractivity contribution in [3.8, 4) is 0 Å². The van der Waals surface area contributed by atoms with Crippen LogP contribution in [-0.4, -0.2) is 72.5 Å². The molecule has 0 amide bonds. The minimum atomic E-state index is -1.15. The van der Waals surface area contributed by atoms with Crippen LogP contribution < -0.4 is 0 Å². The van der Waals surface area contributed by atoms with Crippen molar-refractivity contribution in [1.29, 1.82) is 0 Å². The van der Waals surface area contributed by atoms with E-state index in [1.807, 2.05) is 136 Å². The summed E-state index contributed by atoms with van der Waals surface area (Å²) in [6.45, 7) is 6.28. The minimum absolute atomic E-state index is 0.157. The van der Waals surface area contributed by atoms with Gasteiger partial charge in [0.25, 0.3) is 0 Å². The molecule has 0 radical (unpaired) electrons. The van der Waals surface area contributed by atoms with E-state index in [1.165, 1.54) is 11.8 Å². The SMILES string of the molecule is Cc1ccc(S[C@H]2O[C@@H](C)[C@@H](OC(=O)c3ccccc3)[C@@H](O[C@@H]3O[C@@H](C)[C@@H](OC(=O)c4ccccc4)[C@@H](OCc4ccccc4)[C@@H]3OCc3ccccc3)[C@@H]2OCc2ccccc2)cc1. The first-order chi connectivity index (χ1) is 31.8. The third-order valence-electron chi connectivity index (χ3n) is 11.4. The quantitative estimate of drug-likeness (QED) is 0.0817. The maximum Gasteiger partial charge on any atom is 0.338 e. The summed E-state index contributed by atoms with van der Waals surface area (Å²) >= 11 is 1.50. The molecule has 2 aliphatic heterocycles. The van der Waals surface area contributed by atoms with Crippen molar-refractivity contribution in [3.63, 3.8) is 0 Å². The Morgan fingerprint density at radius 3 is 1.34 bits per heavy atom. The zero-order chi connectivity index (χ0) is 45.0. The molecule has 0 unspecified atom stereocenters. The molecule has 2 heterocycles. The largest absolute Gasteiger partial charge is 0.453 e. The average molecular weight is 895 g/mol. The number of carbonyl (C=O) groups is 2. The van der Waals surface area contributed by atoms with E-state index in [9.17, 15) is 9.59 Å². The summed E-state index contributed by atoms with van der Waals surface area (Å²) in [4.78, 5) is 28.8. The van der Waals surface area contributed by atoms with Gasteiger partial charge < -0.3 is 37.9 Å². The van der Waals surface area contributed by atoms with Crippen LogP contribution in [0.4, 0.5) is 0 Å². The summed E-state index contributed by atoms with van der Waals surface area (Å²) in [6, 6.07) is 55.2. The number of aryl methyl sites for hydroxylation is 1. The summed E-state index contributed by atoms with van der Waals surface area (Å²) in [6.07, 6.45) is -8.16. The number of hydrogen-bond acceptors (Lipinski definition) is 11. The summed E-state index contributed by atoms with van der Waals surface area (Å²) in [5.74, 6) is -1.07. The standard InChI is InChI=1S/C54H54O10S/c1-36-29-31-44(32-30-36)65-54-50(59-35-41-23-13-6-14-24-41)48(46(38(3)61-54)63-52(56)43-27-17-8-18-28-43)64-53-49(58-34-40-21-11-5-12-22-40)47(57-33-39-19-9-4-10-20-39)45(37(2)60-53)62-51(55)42-25-15-7-16-26-42/h4-32,37-38,45-50,53-54H,33-35H2,1-3H3/t37-,38-,45+,46+,47+,48+,49-,50-,53-,54+/m0/s1. The van der Waals surface area contributed by atoms with Crippen molar-refractivity contribution < 1.29 is 47.5 Å². The lowest BCUT2D eigenvalue weighted by Gasteiger charge is -2.49. The lowest BCUT2D eigenvalue weighted by Crippen LogP contribution is -2.65. The number of thioether (sulfide) groups is 1. The third-order valence-corrected chi connectivity index (χ3v) is 12.5. The summed E-state index contributed by atoms with van der Waals surface area (Å²) in [7, 11) is 0. The van der Waals surface area contributed by atoms with Crippen molar-refractivity contribution in [3.05, 3.63) is 209 Å². The predicted octanol–water partition coefficient (Wildman–Crippen LogP) is 10.2. The number of hydrogen-bond donors (Lipinski definition) is 0. The van der Waals surface area contributed by atoms with E-state index in [-0.39, 0.29) is 19.8 Å². The Kier molecular flexibility index (Phi) is 15.9. The lowest BCUT2D eigenvalue weighted by molar-refractivity contribution is -0.345. The molecule has 6 aromatic carbocycles. The number of ether oxygens (including phenoxy) is 8. The van der Waals surface area contributed by atoms with Gasteiger partial charge in [0.05, 0.1) is 43.2 Å². The summed E-state index contributed by atoms with van der Waals surface area (Å²) in [5, 5.41) is 0. The molecule has 11 heteroatoms. The topological polar surface area (TPSA) is 108 Å². The van der Waals surface area contributed by atoms with Crippen LogP contribution in [0.5, 0.6) is 0 Å². The maximum atomic E-state index is 14.0. The van der Waals surface area contributed by atoms with Crippen molar-refractivity contribution in [1.82, 2.24) is 0 Å². The fraction of sp³-hybridized carbons (Fsp3) is 0.296. The number of esters is 2. The fourth-order valence-electron chi connectivity index (χ4n) is 7.91. The Balaban J connectivity index is 1.19. The van der Waals surface area contributed by atoms with Gasteiger partial charge >= 0.3 is 11.9 Å². The first-order valence-corrected chi connectivity index (χ1v) is 22.9. The Bertz CT molecular complexity index is 2370. The minimum Gasteiger partial charge on any atom is -0.453 e. The highest BCUT2D eigenvalue weighted by Gasteiger charge is 2.54. The molecule has 10 atom stereocenters. The van der Waals surface area contributed by atoms with Gasteiger partial charge in [-0.2, -0.15) is 0 Å². The van der Waals surface area contributed by atoms with E-state index in [2.05, 4.69) is 12.1 Å². The van der Waals surface area contributed by atoms with Gasteiger partial charge in [0.2, 0.25) is 0 Å².